The van der Waals surface area contributed by atoms with Gasteiger partial charge in [0.1, 0.15) is 0 Å². The molecule has 28 heavy (non-hydrogen) atoms. The van der Waals surface area contributed by atoms with Crippen molar-refractivity contribution in [3.05, 3.63) is 34.8 Å². The average Bonchev–Trinajstić information content (AvgIpc) is 3.02. The van der Waals surface area contributed by atoms with Crippen LogP contribution in [0.5, 0.6) is 0 Å². The number of aryl methyl sites for hydroxylation is 1. The van der Waals surface area contributed by atoms with Gasteiger partial charge in [-0.3, -0.25) is 24.3 Å². The van der Waals surface area contributed by atoms with Crippen molar-refractivity contribution in [2.75, 3.05) is 6.61 Å². The largest absolute Gasteiger partial charge is 0.456 e. The number of carbonyl (C=O) groups excluding carboxylic acids is 3. The van der Waals surface area contributed by atoms with Gasteiger partial charge in [0.15, 0.2) is 12.2 Å². The molecule has 2 aromatic rings. The highest BCUT2D eigenvalue weighted by molar-refractivity contribution is 5.97. The second-order valence-corrected chi connectivity index (χ2v) is 7.00. The van der Waals surface area contributed by atoms with Gasteiger partial charge in [0.2, 0.25) is 5.91 Å². The highest BCUT2D eigenvalue weighted by Crippen LogP contribution is 2.23. The highest BCUT2D eigenvalue weighted by Gasteiger charge is 2.23. The Balaban J connectivity index is 1.38. The molecule has 1 aliphatic carbocycles. The zero-order chi connectivity index (χ0) is 19.9. The number of nitrogens with zero attached hydrogens (tertiary/aromatic N) is 1. The predicted octanol–water partition coefficient (Wildman–Crippen LogP) is 2.14. The first kappa shape index (κ1) is 19.9. The molecule has 0 unspecified atom stereocenters. The molecule has 3 rings (SSSR count). The summed E-state index contributed by atoms with van der Waals surface area (Å²) in [5, 5.41) is 2.30. The van der Waals surface area contributed by atoms with E-state index < -0.39 is 24.2 Å². The van der Waals surface area contributed by atoms with E-state index >= 15 is 0 Å². The Morgan fingerprint density at radius 3 is 2.68 bits per heavy atom. The molecule has 8 heteroatoms. The van der Waals surface area contributed by atoms with Crippen molar-refractivity contribution in [2.24, 2.45) is 5.92 Å². The van der Waals surface area contributed by atoms with Gasteiger partial charge in [-0.1, -0.05) is 31.4 Å². The molecular weight excluding hydrogens is 364 g/mol. The van der Waals surface area contributed by atoms with Crippen LogP contribution in [0.2, 0.25) is 0 Å². The van der Waals surface area contributed by atoms with Crippen molar-refractivity contribution < 1.29 is 23.5 Å². The van der Waals surface area contributed by atoms with Gasteiger partial charge in [-0.2, -0.15) is 0 Å². The van der Waals surface area contributed by atoms with Gasteiger partial charge in [0.25, 0.3) is 5.91 Å². The van der Waals surface area contributed by atoms with E-state index in [0.29, 0.717) is 24.1 Å². The van der Waals surface area contributed by atoms with Gasteiger partial charge in [0.05, 0.1) is 5.52 Å². The van der Waals surface area contributed by atoms with E-state index in [4.69, 9.17) is 9.15 Å². The number of rotatable bonds is 7. The summed E-state index contributed by atoms with van der Waals surface area (Å²) in [5.74, 6) is -2.05. The highest BCUT2D eigenvalue weighted by atomic mass is 16.5. The first-order valence-corrected chi connectivity index (χ1v) is 9.62. The number of benzene rings is 1. The van der Waals surface area contributed by atoms with Gasteiger partial charge in [0, 0.05) is 18.9 Å². The lowest BCUT2D eigenvalue weighted by molar-refractivity contribution is -0.150. The van der Waals surface area contributed by atoms with Crippen LogP contribution in [0.25, 0.3) is 11.1 Å². The van der Waals surface area contributed by atoms with E-state index in [9.17, 15) is 19.2 Å². The summed E-state index contributed by atoms with van der Waals surface area (Å²) in [6.07, 6.45) is 5.12. The number of carbonyl (C=O) groups is 3. The molecule has 1 fully saturated rings. The zero-order valence-electron chi connectivity index (χ0n) is 15.6. The van der Waals surface area contributed by atoms with E-state index in [-0.39, 0.29) is 18.2 Å². The van der Waals surface area contributed by atoms with Gasteiger partial charge >= 0.3 is 11.7 Å². The molecule has 0 atom stereocenters. The smallest absolute Gasteiger partial charge is 0.419 e. The van der Waals surface area contributed by atoms with Crippen molar-refractivity contribution in [2.45, 2.75) is 51.5 Å². The van der Waals surface area contributed by atoms with Crippen LogP contribution in [0.4, 0.5) is 0 Å². The third kappa shape index (κ3) is 5.09. The molecule has 1 aromatic heterocycles. The number of para-hydroxylation sites is 2. The van der Waals surface area contributed by atoms with Crippen LogP contribution in [0.15, 0.2) is 33.5 Å². The van der Waals surface area contributed by atoms with Crippen molar-refractivity contribution >= 4 is 28.9 Å². The number of fused-ring (bicyclic) bond motifs is 1. The van der Waals surface area contributed by atoms with Crippen molar-refractivity contribution in [1.29, 1.82) is 0 Å². The number of esters is 1. The number of ether oxygens (including phenoxy) is 1. The van der Waals surface area contributed by atoms with Crippen LogP contribution in [-0.4, -0.2) is 29.0 Å². The van der Waals surface area contributed by atoms with Crippen molar-refractivity contribution in [3.63, 3.8) is 0 Å². The molecule has 1 saturated carbocycles. The summed E-state index contributed by atoms with van der Waals surface area (Å²) < 4.78 is 11.5. The predicted molar refractivity (Wildman–Crippen MR) is 100 cm³/mol. The molecule has 0 saturated heterocycles. The lowest BCUT2D eigenvalue weighted by Gasteiger charge is -2.20. The van der Waals surface area contributed by atoms with Crippen molar-refractivity contribution in [1.82, 2.24) is 9.88 Å². The van der Waals surface area contributed by atoms with E-state index in [1.807, 2.05) is 0 Å². The van der Waals surface area contributed by atoms with E-state index in [1.54, 1.807) is 24.3 Å². The van der Waals surface area contributed by atoms with Crippen LogP contribution in [0.3, 0.4) is 0 Å². The lowest BCUT2D eigenvalue weighted by Crippen LogP contribution is -2.38. The summed E-state index contributed by atoms with van der Waals surface area (Å²) in [6.45, 7) is -0.177. The van der Waals surface area contributed by atoms with Crippen LogP contribution in [0, 0.1) is 5.92 Å². The molecule has 0 bridgehead atoms. The molecule has 1 heterocycles. The Labute approximate surface area is 161 Å². The third-order valence-electron chi connectivity index (χ3n) is 4.94. The summed E-state index contributed by atoms with van der Waals surface area (Å²) in [6, 6.07) is 7.05. The maximum Gasteiger partial charge on any atom is 0.419 e. The molecule has 0 spiro atoms. The fourth-order valence-electron chi connectivity index (χ4n) is 3.47. The minimum absolute atomic E-state index is 0.0514. The Morgan fingerprint density at radius 1 is 1.14 bits per heavy atom. The molecule has 150 valence electrons. The number of hydrogen-bond acceptors (Lipinski definition) is 6. The van der Waals surface area contributed by atoms with E-state index in [1.165, 1.54) is 4.57 Å². The Morgan fingerprint density at radius 2 is 1.89 bits per heavy atom. The summed E-state index contributed by atoms with van der Waals surface area (Å²) in [5.41, 5.74) is 1.16. The molecule has 0 aliphatic heterocycles. The van der Waals surface area contributed by atoms with Gasteiger partial charge in [-0.15, -0.1) is 0 Å². The van der Waals surface area contributed by atoms with Gasteiger partial charge in [-0.25, -0.2) is 4.79 Å². The fourth-order valence-corrected chi connectivity index (χ4v) is 3.47. The van der Waals surface area contributed by atoms with Gasteiger partial charge < -0.3 is 9.15 Å². The Hall–Kier alpha value is -2.90. The monoisotopic (exact) mass is 388 g/mol. The Bertz CT molecular complexity index is 907. The summed E-state index contributed by atoms with van der Waals surface area (Å²) in [7, 11) is 0. The lowest BCUT2D eigenvalue weighted by atomic mass is 9.89. The molecule has 2 amide bonds. The maximum absolute atomic E-state index is 12.0. The first-order valence-electron chi connectivity index (χ1n) is 9.62. The normalized spacial score (nSPS) is 14.7. The molecular formula is C20H24N2O6. The number of hydrogen-bond donors (Lipinski definition) is 1. The Kier molecular flexibility index (Phi) is 6.62. The topological polar surface area (TPSA) is 108 Å². The molecule has 8 nitrogen and oxygen atoms in total. The van der Waals surface area contributed by atoms with Crippen LogP contribution in [-0.2, 0) is 25.7 Å². The first-order chi connectivity index (χ1) is 13.5. The zero-order valence-corrected chi connectivity index (χ0v) is 15.6. The number of imide groups is 1. The summed E-state index contributed by atoms with van der Waals surface area (Å²) in [4.78, 5) is 47.4. The minimum Gasteiger partial charge on any atom is -0.456 e. The molecule has 0 radical (unpaired) electrons. The quantitative estimate of drug-likeness (QED) is 0.728. The number of oxazole rings is 1. The van der Waals surface area contributed by atoms with Gasteiger partial charge in [-0.05, 0) is 31.4 Å². The number of aromatic nitrogens is 1. The third-order valence-corrected chi connectivity index (χ3v) is 4.94. The van der Waals surface area contributed by atoms with Crippen LogP contribution in [0.1, 0.15) is 44.9 Å². The molecule has 1 N–H and O–H groups in total. The maximum atomic E-state index is 12.0. The SMILES string of the molecule is O=C(COC(=O)CCCn1c(=O)oc2ccccc21)NC(=O)C1CCCCC1. The second kappa shape index (κ2) is 9.34. The van der Waals surface area contributed by atoms with E-state index in [2.05, 4.69) is 5.32 Å². The molecule has 1 aliphatic rings. The van der Waals surface area contributed by atoms with E-state index in [0.717, 1.165) is 32.1 Å². The van der Waals surface area contributed by atoms with Crippen LogP contribution < -0.4 is 11.1 Å². The number of nitrogens with one attached hydrogen (secondary N) is 1. The fraction of sp³-hybridized carbons (Fsp3) is 0.500. The second-order valence-electron chi connectivity index (χ2n) is 7.00. The van der Waals surface area contributed by atoms with Crippen LogP contribution >= 0.6 is 0 Å². The van der Waals surface area contributed by atoms with Crippen molar-refractivity contribution in [3.8, 4) is 0 Å². The minimum atomic E-state index is -0.610. The standard InChI is InChI=1S/C20H24N2O6/c23-17(21-19(25)14-7-2-1-3-8-14)13-27-18(24)11-6-12-22-15-9-4-5-10-16(15)28-20(22)26/h4-5,9-10,14H,1-3,6-8,11-13H2,(H,21,23,25). The molecule has 1 aromatic carbocycles. The summed E-state index contributed by atoms with van der Waals surface area (Å²) >= 11 is 0. The number of amides is 2. The average molecular weight is 388 g/mol.